The molecule has 0 atom stereocenters. The van der Waals surface area contributed by atoms with Crippen molar-refractivity contribution >= 4 is 11.8 Å². The summed E-state index contributed by atoms with van der Waals surface area (Å²) in [6.45, 7) is 5.00. The van der Waals surface area contributed by atoms with E-state index in [1.54, 1.807) is 6.07 Å². The van der Waals surface area contributed by atoms with Gasteiger partial charge in [0.1, 0.15) is 5.76 Å². The van der Waals surface area contributed by atoms with Gasteiger partial charge in [0.15, 0.2) is 5.69 Å². The van der Waals surface area contributed by atoms with E-state index < -0.39 is 0 Å². The Hall–Kier alpha value is -1.89. The fourth-order valence-corrected chi connectivity index (χ4v) is 3.66. The summed E-state index contributed by atoms with van der Waals surface area (Å²) in [5, 5.41) is 3.94. The summed E-state index contributed by atoms with van der Waals surface area (Å²) in [6, 6.07) is 1.80. The number of piperidine rings is 1. The minimum absolute atomic E-state index is 0.0577. The van der Waals surface area contributed by atoms with Gasteiger partial charge in [-0.3, -0.25) is 14.5 Å². The number of carbonyl (C=O) groups is 2. The Morgan fingerprint density at radius 1 is 1.00 bits per heavy atom. The Bertz CT molecular complexity index is 626. The van der Waals surface area contributed by atoms with E-state index in [-0.39, 0.29) is 11.8 Å². The van der Waals surface area contributed by atoms with Crippen LogP contribution in [0.2, 0.25) is 0 Å². The van der Waals surface area contributed by atoms with E-state index in [9.17, 15) is 9.59 Å². The maximum atomic E-state index is 12.5. The number of rotatable bonds is 4. The summed E-state index contributed by atoms with van der Waals surface area (Å²) in [6.07, 6.45) is 5.73. The van der Waals surface area contributed by atoms with Crippen molar-refractivity contribution in [2.24, 2.45) is 0 Å². The summed E-state index contributed by atoms with van der Waals surface area (Å²) in [5.41, 5.74) is 0.416. The molecule has 0 unspecified atom stereocenters. The number of hydrogen-bond donors (Lipinski definition) is 0. The lowest BCUT2D eigenvalue weighted by Gasteiger charge is -2.35. The molecule has 1 aliphatic carbocycles. The van der Waals surface area contributed by atoms with Gasteiger partial charge in [-0.2, -0.15) is 0 Å². The van der Waals surface area contributed by atoms with Crippen molar-refractivity contribution in [3.05, 3.63) is 17.5 Å². The molecule has 3 fully saturated rings. The number of amides is 2. The molecule has 4 rings (SSSR count). The zero-order valence-electron chi connectivity index (χ0n) is 14.7. The zero-order chi connectivity index (χ0) is 17.2. The lowest BCUT2D eigenvalue weighted by molar-refractivity contribution is -0.133. The summed E-state index contributed by atoms with van der Waals surface area (Å²) >= 11 is 0. The maximum absolute atomic E-state index is 12.5. The third-order valence-electron chi connectivity index (χ3n) is 5.45. The van der Waals surface area contributed by atoms with Crippen molar-refractivity contribution in [2.75, 3.05) is 45.8 Å². The summed E-state index contributed by atoms with van der Waals surface area (Å²) < 4.78 is 5.28. The normalized spacial score (nSPS) is 22.2. The first-order valence-corrected chi connectivity index (χ1v) is 9.47. The van der Waals surface area contributed by atoms with Crippen molar-refractivity contribution < 1.29 is 14.1 Å². The number of carbonyl (C=O) groups excluding carboxylic acids is 2. The maximum Gasteiger partial charge on any atom is 0.276 e. The highest BCUT2D eigenvalue weighted by atomic mass is 16.5. The molecule has 0 radical (unpaired) electrons. The number of nitrogens with zero attached hydrogens (tertiary/aromatic N) is 4. The fraction of sp³-hybridized carbons (Fsp3) is 0.722. The molecule has 136 valence electrons. The smallest absolute Gasteiger partial charge is 0.276 e. The quantitative estimate of drug-likeness (QED) is 0.822. The Morgan fingerprint density at radius 2 is 1.72 bits per heavy atom. The molecule has 2 saturated heterocycles. The van der Waals surface area contributed by atoms with Crippen LogP contribution in [0.3, 0.4) is 0 Å². The summed E-state index contributed by atoms with van der Waals surface area (Å²) in [7, 11) is 0. The SMILES string of the molecule is O=C(CN1CCN(C(=O)c2cc(C3CC3)on2)CC1)N1CCCCC1. The summed E-state index contributed by atoms with van der Waals surface area (Å²) in [5.74, 6) is 1.48. The molecule has 0 bridgehead atoms. The molecule has 0 aromatic carbocycles. The molecule has 1 saturated carbocycles. The Balaban J connectivity index is 1.25. The van der Waals surface area contributed by atoms with Gasteiger partial charge in [-0.1, -0.05) is 5.16 Å². The first kappa shape index (κ1) is 16.6. The van der Waals surface area contributed by atoms with Crippen molar-refractivity contribution in [1.29, 1.82) is 0 Å². The van der Waals surface area contributed by atoms with E-state index in [2.05, 4.69) is 10.1 Å². The largest absolute Gasteiger partial charge is 0.360 e. The third-order valence-corrected chi connectivity index (χ3v) is 5.45. The second kappa shape index (κ2) is 7.15. The zero-order valence-corrected chi connectivity index (χ0v) is 14.7. The number of likely N-dealkylation sites (tertiary alicyclic amines) is 1. The lowest BCUT2D eigenvalue weighted by atomic mass is 10.1. The van der Waals surface area contributed by atoms with E-state index in [0.717, 1.165) is 57.6 Å². The van der Waals surface area contributed by atoms with Gasteiger partial charge < -0.3 is 14.3 Å². The third kappa shape index (κ3) is 3.86. The van der Waals surface area contributed by atoms with Crippen LogP contribution in [0.4, 0.5) is 0 Å². The van der Waals surface area contributed by atoms with Crippen LogP contribution in [-0.4, -0.2) is 77.5 Å². The van der Waals surface area contributed by atoms with E-state index >= 15 is 0 Å². The topological polar surface area (TPSA) is 69.9 Å². The monoisotopic (exact) mass is 346 g/mol. The molecule has 1 aromatic rings. The Labute approximate surface area is 147 Å². The molecule has 3 heterocycles. The molecule has 2 amide bonds. The molecular formula is C18H26N4O3. The molecule has 25 heavy (non-hydrogen) atoms. The van der Waals surface area contributed by atoms with Crippen LogP contribution in [0.1, 0.15) is 54.3 Å². The van der Waals surface area contributed by atoms with Crippen LogP contribution < -0.4 is 0 Å². The number of piperazine rings is 1. The van der Waals surface area contributed by atoms with Gasteiger partial charge in [0, 0.05) is 51.3 Å². The predicted molar refractivity (Wildman–Crippen MR) is 91.3 cm³/mol. The van der Waals surface area contributed by atoms with Gasteiger partial charge >= 0.3 is 0 Å². The highest BCUT2D eigenvalue weighted by molar-refractivity contribution is 5.92. The van der Waals surface area contributed by atoms with Gasteiger partial charge in [-0.25, -0.2) is 0 Å². The fourth-order valence-electron chi connectivity index (χ4n) is 3.66. The average Bonchev–Trinajstić information content (AvgIpc) is 3.39. The predicted octanol–water partition coefficient (Wildman–Crippen LogP) is 1.32. The van der Waals surface area contributed by atoms with Gasteiger partial charge in [0.25, 0.3) is 5.91 Å². The molecule has 2 aliphatic heterocycles. The molecule has 0 N–H and O–H groups in total. The second-order valence-corrected chi connectivity index (χ2v) is 7.40. The molecule has 0 spiro atoms. The van der Waals surface area contributed by atoms with E-state index in [4.69, 9.17) is 4.52 Å². The summed E-state index contributed by atoms with van der Waals surface area (Å²) in [4.78, 5) is 30.8. The van der Waals surface area contributed by atoms with Crippen molar-refractivity contribution in [3.63, 3.8) is 0 Å². The molecule has 7 heteroatoms. The highest BCUT2D eigenvalue weighted by Gasteiger charge is 2.31. The van der Waals surface area contributed by atoms with Crippen LogP contribution in [0.15, 0.2) is 10.6 Å². The van der Waals surface area contributed by atoms with Gasteiger partial charge in [-0.05, 0) is 32.1 Å². The molecule has 1 aromatic heterocycles. The van der Waals surface area contributed by atoms with Gasteiger partial charge in [0.2, 0.25) is 5.91 Å². The average molecular weight is 346 g/mol. The van der Waals surface area contributed by atoms with Crippen LogP contribution in [0, 0.1) is 0 Å². The molecule has 7 nitrogen and oxygen atoms in total. The van der Waals surface area contributed by atoms with Crippen LogP contribution >= 0.6 is 0 Å². The number of hydrogen-bond acceptors (Lipinski definition) is 5. The van der Waals surface area contributed by atoms with Gasteiger partial charge in [-0.15, -0.1) is 0 Å². The minimum Gasteiger partial charge on any atom is -0.360 e. The van der Waals surface area contributed by atoms with Gasteiger partial charge in [0.05, 0.1) is 6.54 Å². The number of aromatic nitrogens is 1. The molecular weight excluding hydrogens is 320 g/mol. The van der Waals surface area contributed by atoms with Crippen LogP contribution in [0.25, 0.3) is 0 Å². The second-order valence-electron chi connectivity index (χ2n) is 7.40. The first-order valence-electron chi connectivity index (χ1n) is 9.47. The van der Waals surface area contributed by atoms with Crippen LogP contribution in [0.5, 0.6) is 0 Å². The van der Waals surface area contributed by atoms with Crippen LogP contribution in [-0.2, 0) is 4.79 Å². The Morgan fingerprint density at radius 3 is 2.40 bits per heavy atom. The standard InChI is InChI=1S/C18H26N4O3/c23-17(21-6-2-1-3-7-21)13-20-8-10-22(11-9-20)18(24)15-12-16(25-19-15)14-4-5-14/h12,14H,1-11,13H2. The minimum atomic E-state index is -0.0577. The van der Waals surface area contributed by atoms with Crippen molar-refractivity contribution in [1.82, 2.24) is 19.9 Å². The van der Waals surface area contributed by atoms with Crippen molar-refractivity contribution in [3.8, 4) is 0 Å². The first-order chi connectivity index (χ1) is 12.2. The molecule has 3 aliphatic rings. The Kier molecular flexibility index (Phi) is 4.74. The van der Waals surface area contributed by atoms with Crippen molar-refractivity contribution in [2.45, 2.75) is 38.0 Å². The van der Waals surface area contributed by atoms with E-state index in [0.29, 0.717) is 31.2 Å². The lowest BCUT2D eigenvalue weighted by Crippen LogP contribution is -2.52. The van der Waals surface area contributed by atoms with E-state index in [1.165, 1.54) is 6.42 Å². The highest BCUT2D eigenvalue weighted by Crippen LogP contribution is 2.40. The van der Waals surface area contributed by atoms with E-state index in [1.807, 2.05) is 9.80 Å².